The molecule has 1 amide bonds. The number of carbonyl (C=O) groups is 1. The van der Waals surface area contributed by atoms with E-state index in [0.29, 0.717) is 19.6 Å². The number of fused-ring (bicyclic) bond motifs is 1. The van der Waals surface area contributed by atoms with Crippen molar-refractivity contribution >= 4 is 12.0 Å². The fourth-order valence-corrected chi connectivity index (χ4v) is 3.69. The van der Waals surface area contributed by atoms with Gasteiger partial charge >= 0.3 is 0 Å². The molecule has 2 aromatic rings. The average molecular weight is 385 g/mol. The summed E-state index contributed by atoms with van der Waals surface area (Å²) in [6.45, 7) is 4.90. The zero-order valence-electron chi connectivity index (χ0n) is 16.0. The van der Waals surface area contributed by atoms with Crippen LogP contribution < -0.4 is 5.32 Å². The van der Waals surface area contributed by atoms with E-state index in [-0.39, 0.29) is 12.0 Å². The van der Waals surface area contributed by atoms with Crippen molar-refractivity contribution in [2.75, 3.05) is 32.8 Å². The second-order valence-electron chi connectivity index (χ2n) is 7.20. The Morgan fingerprint density at radius 2 is 2.29 bits per heavy atom. The number of hydrogen-bond donors (Lipinski definition) is 1. The molecule has 0 spiro atoms. The predicted molar refractivity (Wildman–Crippen MR) is 104 cm³/mol. The van der Waals surface area contributed by atoms with Crippen LogP contribution in [-0.4, -0.2) is 64.5 Å². The first-order chi connectivity index (χ1) is 13.8. The van der Waals surface area contributed by atoms with E-state index in [0.717, 1.165) is 62.9 Å². The van der Waals surface area contributed by atoms with Gasteiger partial charge in [-0.25, -0.2) is 0 Å². The van der Waals surface area contributed by atoms with Crippen LogP contribution in [-0.2, 0) is 28.9 Å². The first kappa shape index (κ1) is 18.9. The van der Waals surface area contributed by atoms with Crippen LogP contribution >= 0.6 is 0 Å². The number of amides is 1. The van der Waals surface area contributed by atoms with Crippen molar-refractivity contribution in [2.24, 2.45) is 0 Å². The van der Waals surface area contributed by atoms with Crippen molar-refractivity contribution in [3.8, 4) is 0 Å². The van der Waals surface area contributed by atoms with E-state index in [2.05, 4.69) is 31.1 Å². The maximum atomic E-state index is 12.0. The van der Waals surface area contributed by atoms with Crippen LogP contribution in [0.25, 0.3) is 6.08 Å². The topological polar surface area (TPSA) is 85.4 Å². The lowest BCUT2D eigenvalue weighted by molar-refractivity contribution is -0.130. The highest BCUT2D eigenvalue weighted by atomic mass is 16.5. The largest absolute Gasteiger partial charge is 0.465 e. The number of furan rings is 1. The van der Waals surface area contributed by atoms with E-state index in [1.54, 1.807) is 6.26 Å². The molecule has 0 saturated carbocycles. The van der Waals surface area contributed by atoms with Crippen LogP contribution in [0.15, 0.2) is 28.9 Å². The minimum atomic E-state index is -0.279. The molecule has 2 aromatic heterocycles. The van der Waals surface area contributed by atoms with Gasteiger partial charge < -0.3 is 19.0 Å². The molecule has 4 rings (SSSR count). The van der Waals surface area contributed by atoms with E-state index in [9.17, 15) is 4.79 Å². The Bertz CT molecular complexity index is 793. The summed E-state index contributed by atoms with van der Waals surface area (Å²) < 4.78 is 12.9. The zero-order valence-corrected chi connectivity index (χ0v) is 16.0. The van der Waals surface area contributed by atoms with Crippen molar-refractivity contribution < 1.29 is 13.9 Å². The molecule has 8 nitrogen and oxygen atoms in total. The molecule has 1 unspecified atom stereocenters. The molecule has 28 heavy (non-hydrogen) atoms. The minimum Gasteiger partial charge on any atom is -0.465 e. The third kappa shape index (κ3) is 4.69. The fraction of sp³-hybridized carbons (Fsp3) is 0.550. The molecule has 1 fully saturated rings. The van der Waals surface area contributed by atoms with Gasteiger partial charge in [-0.1, -0.05) is 6.08 Å². The molecule has 0 aromatic carbocycles. The molecule has 1 atom stereocenters. The molecule has 2 aliphatic heterocycles. The molecular formula is C20H27N5O3. The number of aromatic nitrogens is 3. The Morgan fingerprint density at radius 1 is 1.32 bits per heavy atom. The number of rotatable bonds is 7. The lowest BCUT2D eigenvalue weighted by atomic mass is 10.2. The van der Waals surface area contributed by atoms with Gasteiger partial charge in [0.05, 0.1) is 6.26 Å². The SMILES string of the molecule is O=C(NCCc1nnc2n1CCN(CC=Cc1ccco1)CC2)C1CCCO1. The van der Waals surface area contributed by atoms with Crippen molar-refractivity contribution in [1.82, 2.24) is 25.0 Å². The fourth-order valence-electron chi connectivity index (χ4n) is 3.69. The quantitative estimate of drug-likeness (QED) is 0.773. The maximum Gasteiger partial charge on any atom is 0.249 e. The van der Waals surface area contributed by atoms with Crippen LogP contribution in [0.2, 0.25) is 0 Å². The molecule has 150 valence electrons. The van der Waals surface area contributed by atoms with Gasteiger partial charge in [-0.15, -0.1) is 10.2 Å². The summed E-state index contributed by atoms with van der Waals surface area (Å²) in [6, 6.07) is 3.84. The average Bonchev–Trinajstić information content (AvgIpc) is 3.44. The number of ether oxygens (including phenoxy) is 1. The van der Waals surface area contributed by atoms with E-state index in [4.69, 9.17) is 9.15 Å². The summed E-state index contributed by atoms with van der Waals surface area (Å²) in [5, 5.41) is 11.7. The normalized spacial score (nSPS) is 20.4. The van der Waals surface area contributed by atoms with Gasteiger partial charge in [0.1, 0.15) is 23.5 Å². The minimum absolute atomic E-state index is 0.0115. The van der Waals surface area contributed by atoms with Gasteiger partial charge in [0, 0.05) is 52.2 Å². The molecular weight excluding hydrogens is 358 g/mol. The lowest BCUT2D eigenvalue weighted by Crippen LogP contribution is -2.35. The van der Waals surface area contributed by atoms with Crippen molar-refractivity contribution in [3.63, 3.8) is 0 Å². The van der Waals surface area contributed by atoms with Crippen molar-refractivity contribution in [1.29, 1.82) is 0 Å². The summed E-state index contributed by atoms with van der Waals surface area (Å²) >= 11 is 0. The van der Waals surface area contributed by atoms with Crippen LogP contribution in [0, 0.1) is 0 Å². The Kier molecular flexibility index (Phi) is 6.18. The van der Waals surface area contributed by atoms with E-state index < -0.39 is 0 Å². The van der Waals surface area contributed by atoms with Crippen LogP contribution in [0.3, 0.4) is 0 Å². The first-order valence-corrected chi connectivity index (χ1v) is 10.0. The smallest absolute Gasteiger partial charge is 0.249 e. The van der Waals surface area contributed by atoms with Gasteiger partial charge in [-0.05, 0) is 31.1 Å². The zero-order chi connectivity index (χ0) is 19.2. The monoisotopic (exact) mass is 385 g/mol. The Labute approximate surface area is 164 Å². The third-order valence-corrected chi connectivity index (χ3v) is 5.25. The molecule has 2 aliphatic rings. The lowest BCUT2D eigenvalue weighted by Gasteiger charge is -2.17. The summed E-state index contributed by atoms with van der Waals surface area (Å²) in [5.41, 5.74) is 0. The Balaban J connectivity index is 1.25. The summed E-state index contributed by atoms with van der Waals surface area (Å²) in [5.74, 6) is 2.83. The van der Waals surface area contributed by atoms with Gasteiger partial charge in [-0.2, -0.15) is 0 Å². The summed E-state index contributed by atoms with van der Waals surface area (Å²) in [7, 11) is 0. The van der Waals surface area contributed by atoms with Gasteiger partial charge in [0.25, 0.3) is 0 Å². The van der Waals surface area contributed by atoms with E-state index >= 15 is 0 Å². The van der Waals surface area contributed by atoms with E-state index in [1.165, 1.54) is 0 Å². The molecule has 1 saturated heterocycles. The molecule has 0 aliphatic carbocycles. The maximum absolute atomic E-state index is 12.0. The number of hydrogen-bond acceptors (Lipinski definition) is 6. The highest BCUT2D eigenvalue weighted by molar-refractivity contribution is 5.80. The highest BCUT2D eigenvalue weighted by Gasteiger charge is 2.23. The van der Waals surface area contributed by atoms with Crippen molar-refractivity contribution in [3.05, 3.63) is 41.9 Å². The standard InChI is InChI=1S/C20H27N5O3/c26-20(17-6-3-15-28-17)21-9-7-18-22-23-19-8-11-24(12-13-25(18)19)10-1-4-16-5-2-14-27-16/h1-2,4-5,14,17H,3,6-13,15H2,(H,21,26). The molecule has 0 radical (unpaired) electrons. The Hall–Kier alpha value is -2.45. The van der Waals surface area contributed by atoms with Crippen LogP contribution in [0.1, 0.15) is 30.3 Å². The van der Waals surface area contributed by atoms with Gasteiger partial charge in [0.2, 0.25) is 5.91 Å². The third-order valence-electron chi connectivity index (χ3n) is 5.25. The first-order valence-electron chi connectivity index (χ1n) is 10.0. The molecule has 0 bridgehead atoms. The van der Waals surface area contributed by atoms with Crippen LogP contribution in [0.5, 0.6) is 0 Å². The number of carbonyl (C=O) groups excluding carboxylic acids is 1. The number of nitrogens with one attached hydrogen (secondary N) is 1. The summed E-state index contributed by atoms with van der Waals surface area (Å²) in [6.07, 6.45) is 8.88. The van der Waals surface area contributed by atoms with Gasteiger partial charge in [0.15, 0.2) is 0 Å². The molecule has 4 heterocycles. The molecule has 8 heteroatoms. The van der Waals surface area contributed by atoms with E-state index in [1.807, 2.05) is 18.2 Å². The van der Waals surface area contributed by atoms with Crippen molar-refractivity contribution in [2.45, 2.75) is 38.3 Å². The predicted octanol–water partition coefficient (Wildman–Crippen LogP) is 1.28. The second kappa shape index (κ2) is 9.16. The highest BCUT2D eigenvalue weighted by Crippen LogP contribution is 2.13. The van der Waals surface area contributed by atoms with Gasteiger partial charge in [-0.3, -0.25) is 9.69 Å². The summed E-state index contributed by atoms with van der Waals surface area (Å²) in [4.78, 5) is 14.4. The Morgan fingerprint density at radius 3 is 3.11 bits per heavy atom. The second-order valence-corrected chi connectivity index (χ2v) is 7.20. The number of nitrogens with zero attached hydrogens (tertiary/aromatic N) is 4. The van der Waals surface area contributed by atoms with Crippen LogP contribution in [0.4, 0.5) is 0 Å². The molecule has 1 N–H and O–H groups in total.